The number of para-hydroxylation sites is 1. The largest absolute Gasteiger partial charge is 0.299 e. The number of hydrazine groups is 1. The molecule has 0 unspecified atom stereocenters. The molecule has 0 aromatic heterocycles. The first-order valence-corrected chi connectivity index (χ1v) is 6.97. The van der Waals surface area contributed by atoms with E-state index in [1.54, 1.807) is 24.3 Å². The minimum absolute atomic E-state index is 0.226. The molecule has 0 aliphatic carbocycles. The van der Waals surface area contributed by atoms with Crippen LogP contribution in [0.5, 0.6) is 0 Å². The number of hydrazone groups is 1. The minimum Gasteiger partial charge on any atom is -0.289 e. The van der Waals surface area contributed by atoms with E-state index in [4.69, 9.17) is 11.6 Å². The Kier molecular flexibility index (Phi) is 3.80. The summed E-state index contributed by atoms with van der Waals surface area (Å²) in [5.74, 6) is -0.272. The molecule has 1 aliphatic rings. The lowest BCUT2D eigenvalue weighted by atomic mass is 10.3. The summed E-state index contributed by atoms with van der Waals surface area (Å²) in [6.07, 6.45) is 0. The van der Waals surface area contributed by atoms with Gasteiger partial charge in [-0.1, -0.05) is 42.4 Å². The van der Waals surface area contributed by atoms with E-state index >= 15 is 0 Å². The van der Waals surface area contributed by atoms with E-state index in [1.807, 2.05) is 30.3 Å². The van der Waals surface area contributed by atoms with E-state index in [1.165, 1.54) is 5.01 Å². The van der Waals surface area contributed by atoms with Crippen molar-refractivity contribution in [3.8, 4) is 0 Å². The molecule has 6 heteroatoms. The van der Waals surface area contributed by atoms with Crippen LogP contribution < -0.4 is 15.9 Å². The van der Waals surface area contributed by atoms with E-state index in [2.05, 4.69) is 22.5 Å². The molecule has 1 amide bonds. The Labute approximate surface area is 132 Å². The number of hydrogen-bond acceptors (Lipinski definition) is 4. The van der Waals surface area contributed by atoms with Crippen LogP contribution in [0.1, 0.15) is 0 Å². The number of hydrogen-bond donors (Lipinski definition) is 2. The number of carbonyl (C=O) groups excluding carboxylic acids is 1. The maximum atomic E-state index is 12.4. The molecule has 0 spiro atoms. The van der Waals surface area contributed by atoms with Gasteiger partial charge in [-0.15, -0.1) is 0 Å². The maximum absolute atomic E-state index is 12.4. The van der Waals surface area contributed by atoms with Gasteiger partial charge in [0.05, 0.1) is 17.1 Å². The number of nitrogens with one attached hydrogen (secondary N) is 2. The molecule has 0 bridgehead atoms. The van der Waals surface area contributed by atoms with E-state index < -0.39 is 0 Å². The normalized spacial score (nSPS) is 16.0. The molecule has 2 aromatic carbocycles. The highest BCUT2D eigenvalue weighted by atomic mass is 35.5. The van der Waals surface area contributed by atoms with Gasteiger partial charge in [-0.25, -0.2) is 5.01 Å². The summed E-state index contributed by atoms with van der Waals surface area (Å²) in [6.45, 7) is 3.82. The number of halogens is 1. The molecule has 22 heavy (non-hydrogen) atoms. The Morgan fingerprint density at radius 3 is 2.64 bits per heavy atom. The summed E-state index contributed by atoms with van der Waals surface area (Å²) >= 11 is 5.91. The fourth-order valence-corrected chi connectivity index (χ4v) is 2.22. The number of rotatable bonds is 3. The summed E-state index contributed by atoms with van der Waals surface area (Å²) in [7, 11) is 0. The molecule has 0 atom stereocenters. The summed E-state index contributed by atoms with van der Waals surface area (Å²) in [6, 6.07) is 16.3. The predicted octanol–water partition coefficient (Wildman–Crippen LogP) is 3.17. The van der Waals surface area contributed by atoms with Gasteiger partial charge in [-0.05, 0) is 30.3 Å². The molecular weight excluding hydrogens is 300 g/mol. The van der Waals surface area contributed by atoms with Crippen LogP contribution in [0.25, 0.3) is 0 Å². The second kappa shape index (κ2) is 5.91. The van der Waals surface area contributed by atoms with Crippen molar-refractivity contribution in [3.63, 3.8) is 0 Å². The molecule has 0 saturated carbocycles. The molecule has 110 valence electrons. The lowest BCUT2D eigenvalue weighted by molar-refractivity contribution is -0.112. The average Bonchev–Trinajstić information content (AvgIpc) is 2.81. The van der Waals surface area contributed by atoms with E-state index in [9.17, 15) is 4.79 Å². The Morgan fingerprint density at radius 2 is 1.91 bits per heavy atom. The first-order valence-electron chi connectivity index (χ1n) is 6.60. The van der Waals surface area contributed by atoms with Crippen LogP contribution in [0.2, 0.25) is 5.02 Å². The van der Waals surface area contributed by atoms with Crippen molar-refractivity contribution >= 4 is 34.6 Å². The molecule has 5 nitrogen and oxygen atoms in total. The van der Waals surface area contributed by atoms with E-state index in [0.29, 0.717) is 16.4 Å². The van der Waals surface area contributed by atoms with Gasteiger partial charge in [0.25, 0.3) is 5.91 Å². The quantitative estimate of drug-likeness (QED) is 0.856. The van der Waals surface area contributed by atoms with Crippen molar-refractivity contribution in [3.05, 3.63) is 71.9 Å². The zero-order chi connectivity index (χ0) is 15.5. The fourth-order valence-electron chi connectivity index (χ4n) is 2.03. The van der Waals surface area contributed by atoms with Crippen LogP contribution in [-0.2, 0) is 4.79 Å². The maximum Gasteiger partial charge on any atom is 0.299 e. The first kappa shape index (κ1) is 14.2. The van der Waals surface area contributed by atoms with Crippen molar-refractivity contribution in [2.45, 2.75) is 0 Å². The monoisotopic (exact) mass is 312 g/mol. The average molecular weight is 313 g/mol. The van der Waals surface area contributed by atoms with Crippen LogP contribution >= 0.6 is 11.6 Å². The molecule has 0 radical (unpaired) electrons. The fraction of sp³-hybridized carbons (Fsp3) is 0. The first-order chi connectivity index (χ1) is 10.6. The molecular formula is C16H13ClN4O. The lowest BCUT2D eigenvalue weighted by Gasteiger charge is -2.14. The number of nitrogens with zero attached hydrogens (tertiary/aromatic N) is 2. The van der Waals surface area contributed by atoms with Crippen LogP contribution in [-0.4, -0.2) is 11.6 Å². The highest BCUT2D eigenvalue weighted by Crippen LogP contribution is 2.19. The van der Waals surface area contributed by atoms with Gasteiger partial charge in [0.2, 0.25) is 0 Å². The highest BCUT2D eigenvalue weighted by Gasteiger charge is 2.32. The molecule has 3 rings (SSSR count). The SMILES string of the molecule is C=C1NN(c2ccccc2)C(=O)/C1=N/Nc1cccc(Cl)c1. The number of carbonyl (C=O) groups is 1. The zero-order valence-corrected chi connectivity index (χ0v) is 12.3. The van der Waals surface area contributed by atoms with Gasteiger partial charge in [0.15, 0.2) is 5.71 Å². The molecule has 1 saturated heterocycles. The van der Waals surface area contributed by atoms with Crippen LogP contribution in [0.15, 0.2) is 72.0 Å². The van der Waals surface area contributed by atoms with E-state index in [-0.39, 0.29) is 11.6 Å². The molecule has 1 heterocycles. The topological polar surface area (TPSA) is 56.7 Å². The molecule has 2 aromatic rings. The molecule has 1 fully saturated rings. The Morgan fingerprint density at radius 1 is 1.14 bits per heavy atom. The Hall–Kier alpha value is -2.79. The smallest absolute Gasteiger partial charge is 0.289 e. The Bertz CT molecular complexity index is 758. The van der Waals surface area contributed by atoms with Gasteiger partial charge < -0.3 is 0 Å². The summed E-state index contributed by atoms with van der Waals surface area (Å²) in [5.41, 5.74) is 7.80. The third-order valence-electron chi connectivity index (χ3n) is 3.07. The number of amides is 1. The zero-order valence-electron chi connectivity index (χ0n) is 11.6. The summed E-state index contributed by atoms with van der Waals surface area (Å²) in [4.78, 5) is 12.4. The van der Waals surface area contributed by atoms with Gasteiger partial charge in [-0.3, -0.25) is 15.6 Å². The predicted molar refractivity (Wildman–Crippen MR) is 88.7 cm³/mol. The lowest BCUT2D eigenvalue weighted by Crippen LogP contribution is -2.34. The second-order valence-electron chi connectivity index (χ2n) is 4.65. The van der Waals surface area contributed by atoms with Crippen molar-refractivity contribution in [2.24, 2.45) is 5.10 Å². The molecule has 1 aliphatic heterocycles. The van der Waals surface area contributed by atoms with Gasteiger partial charge in [0.1, 0.15) is 0 Å². The third kappa shape index (κ3) is 2.80. The van der Waals surface area contributed by atoms with Gasteiger partial charge in [-0.2, -0.15) is 5.10 Å². The second-order valence-corrected chi connectivity index (χ2v) is 5.09. The standard InChI is InChI=1S/C16H13ClN4O/c1-11-15(19-18-13-7-5-6-12(17)10-13)16(22)21(20-11)14-8-3-2-4-9-14/h2-10,18,20H,1H2/b19-15+. The summed E-state index contributed by atoms with van der Waals surface area (Å²) in [5, 5.41) is 6.12. The minimum atomic E-state index is -0.272. The third-order valence-corrected chi connectivity index (χ3v) is 3.31. The summed E-state index contributed by atoms with van der Waals surface area (Å²) < 4.78 is 0. The highest BCUT2D eigenvalue weighted by molar-refractivity contribution is 6.51. The van der Waals surface area contributed by atoms with Crippen molar-refractivity contribution in [2.75, 3.05) is 10.4 Å². The van der Waals surface area contributed by atoms with Crippen LogP contribution in [0.3, 0.4) is 0 Å². The number of benzene rings is 2. The van der Waals surface area contributed by atoms with Crippen molar-refractivity contribution in [1.29, 1.82) is 0 Å². The van der Waals surface area contributed by atoms with Crippen molar-refractivity contribution in [1.82, 2.24) is 5.43 Å². The van der Waals surface area contributed by atoms with E-state index in [0.717, 1.165) is 5.69 Å². The van der Waals surface area contributed by atoms with Crippen LogP contribution in [0.4, 0.5) is 11.4 Å². The Balaban J connectivity index is 1.81. The molecule has 2 N–H and O–H groups in total. The van der Waals surface area contributed by atoms with Crippen LogP contribution in [0, 0.1) is 0 Å². The van der Waals surface area contributed by atoms with Gasteiger partial charge in [0, 0.05) is 5.02 Å². The van der Waals surface area contributed by atoms with Crippen molar-refractivity contribution < 1.29 is 4.79 Å². The number of anilines is 2. The van der Waals surface area contributed by atoms with Gasteiger partial charge >= 0.3 is 0 Å².